The van der Waals surface area contributed by atoms with Gasteiger partial charge >= 0.3 is 0 Å². The monoisotopic (exact) mass is 568 g/mol. The Morgan fingerprint density at radius 3 is 1.19 bits per heavy atom. The maximum atomic E-state index is 2.38. The lowest BCUT2D eigenvalue weighted by molar-refractivity contribution is 1.91. The second-order valence-electron chi connectivity index (χ2n) is 8.63. The predicted octanol–water partition coefficient (Wildman–Crippen LogP) is 12.2. The summed E-state index contributed by atoms with van der Waals surface area (Å²) in [5.74, 6) is 0. The average Bonchev–Trinajstić information content (AvgIpc) is 3.70. The van der Waals surface area contributed by atoms with Crippen molar-refractivity contribution in [2.45, 2.75) is 0 Å². The first-order chi connectivity index (χ1) is 17.8. The first-order valence-electron chi connectivity index (χ1n) is 11.5. The van der Waals surface area contributed by atoms with Gasteiger partial charge in [0.25, 0.3) is 0 Å². The first-order valence-corrected chi connectivity index (χ1v) is 16.5. The summed E-state index contributed by atoms with van der Waals surface area (Å²) in [5, 5.41) is 9.62. The molecule has 0 unspecified atom stereocenters. The molecule has 0 fully saturated rings. The zero-order valence-corrected chi connectivity index (χ0v) is 23.6. The van der Waals surface area contributed by atoms with E-state index in [2.05, 4.69) is 95.7 Å². The van der Waals surface area contributed by atoms with Gasteiger partial charge in [-0.3, -0.25) is 0 Å². The van der Waals surface area contributed by atoms with Gasteiger partial charge in [-0.1, -0.05) is 12.1 Å². The van der Waals surface area contributed by atoms with Gasteiger partial charge in [-0.15, -0.1) is 68.0 Å². The molecule has 0 spiro atoms. The maximum Gasteiger partial charge on any atom is 0.0455 e. The summed E-state index contributed by atoms with van der Waals surface area (Å²) in [7, 11) is 0. The van der Waals surface area contributed by atoms with Gasteiger partial charge in [0.15, 0.2) is 0 Å². The fraction of sp³-hybridized carbons (Fsp3) is 0. The minimum absolute atomic E-state index is 1.32. The smallest absolute Gasteiger partial charge is 0.0455 e. The molecule has 0 nitrogen and oxygen atoms in total. The molecule has 0 aliphatic rings. The van der Waals surface area contributed by atoms with Crippen LogP contribution in [0.4, 0.5) is 0 Å². The molecule has 0 saturated carbocycles. The standard InChI is InChI=1S/C30H16S6/c1-3-21(31-9-1)23-5-7-25(33-23)29-15-19-11-17-14-28-20(12-18(17)13-27(19)35-29)16-30(36-28)26-8-6-24(34-26)22-4-2-10-32-22/h1-16H. The SMILES string of the molecule is c1csc(-c2ccc(-c3cc4cc5cc6sc(-c7ccc(-c8cccs8)s7)cc6cc5cc4s3)s2)c1. The minimum Gasteiger partial charge on any atom is -0.143 e. The van der Waals surface area contributed by atoms with Crippen LogP contribution in [-0.4, -0.2) is 0 Å². The van der Waals surface area contributed by atoms with Crippen LogP contribution in [0.25, 0.3) is 70.0 Å². The summed E-state index contributed by atoms with van der Waals surface area (Å²) in [6.07, 6.45) is 0. The molecule has 0 amide bonds. The fourth-order valence-corrected chi connectivity index (χ4v) is 10.6. The van der Waals surface area contributed by atoms with Crippen LogP contribution in [-0.2, 0) is 0 Å². The summed E-state index contributed by atoms with van der Waals surface area (Å²) >= 11 is 11.2. The molecule has 6 heteroatoms. The highest BCUT2D eigenvalue weighted by molar-refractivity contribution is 7.29. The molecule has 8 rings (SSSR count). The van der Waals surface area contributed by atoms with Crippen molar-refractivity contribution in [1.82, 2.24) is 0 Å². The second kappa shape index (κ2) is 8.48. The first kappa shape index (κ1) is 21.5. The van der Waals surface area contributed by atoms with Gasteiger partial charge in [0.2, 0.25) is 0 Å². The van der Waals surface area contributed by atoms with Crippen molar-refractivity contribution in [3.05, 3.63) is 95.7 Å². The van der Waals surface area contributed by atoms with Crippen molar-refractivity contribution in [3.8, 4) is 39.0 Å². The van der Waals surface area contributed by atoms with Gasteiger partial charge in [-0.05, 0) is 105 Å². The molecule has 36 heavy (non-hydrogen) atoms. The van der Waals surface area contributed by atoms with Gasteiger partial charge in [0, 0.05) is 48.4 Å². The lowest BCUT2D eigenvalue weighted by Gasteiger charge is -1.99. The largest absolute Gasteiger partial charge is 0.143 e. The molecule has 172 valence electrons. The average molecular weight is 569 g/mol. The van der Waals surface area contributed by atoms with Crippen LogP contribution >= 0.6 is 68.0 Å². The third-order valence-electron chi connectivity index (χ3n) is 6.34. The lowest BCUT2D eigenvalue weighted by atomic mass is 10.1. The Labute approximate surface area is 232 Å². The Morgan fingerprint density at radius 1 is 0.333 bits per heavy atom. The summed E-state index contributed by atoms with van der Waals surface area (Å²) in [6.45, 7) is 0. The molecule has 0 atom stereocenters. The highest BCUT2D eigenvalue weighted by Gasteiger charge is 2.13. The molecule has 0 saturated heterocycles. The lowest BCUT2D eigenvalue weighted by Crippen LogP contribution is -1.72. The number of benzene rings is 2. The van der Waals surface area contributed by atoms with Gasteiger partial charge in [-0.2, -0.15) is 0 Å². The van der Waals surface area contributed by atoms with Crippen LogP contribution in [0.1, 0.15) is 0 Å². The summed E-state index contributed by atoms with van der Waals surface area (Å²) in [4.78, 5) is 10.8. The van der Waals surface area contributed by atoms with Crippen molar-refractivity contribution >= 4 is 99.0 Å². The predicted molar refractivity (Wildman–Crippen MR) is 168 cm³/mol. The quantitative estimate of drug-likeness (QED) is 0.198. The van der Waals surface area contributed by atoms with Gasteiger partial charge < -0.3 is 0 Å². The Kier molecular flexibility index (Phi) is 5.07. The Morgan fingerprint density at radius 2 is 0.778 bits per heavy atom. The van der Waals surface area contributed by atoms with E-state index in [1.165, 1.54) is 70.0 Å². The molecule has 6 aromatic heterocycles. The van der Waals surface area contributed by atoms with Gasteiger partial charge in [-0.25, -0.2) is 0 Å². The van der Waals surface area contributed by atoms with Crippen LogP contribution in [0.3, 0.4) is 0 Å². The number of thiophene rings is 6. The van der Waals surface area contributed by atoms with E-state index in [1.54, 1.807) is 0 Å². The second-order valence-corrected chi connectivity index (χ2v) is 14.9. The molecular formula is C30H16S6. The van der Waals surface area contributed by atoms with E-state index >= 15 is 0 Å². The van der Waals surface area contributed by atoms with Crippen molar-refractivity contribution in [2.75, 3.05) is 0 Å². The van der Waals surface area contributed by atoms with Crippen molar-refractivity contribution < 1.29 is 0 Å². The highest BCUT2D eigenvalue weighted by Crippen LogP contribution is 2.44. The van der Waals surface area contributed by atoms with Crippen molar-refractivity contribution in [1.29, 1.82) is 0 Å². The minimum atomic E-state index is 1.32. The van der Waals surface area contributed by atoms with E-state index in [0.717, 1.165) is 0 Å². The van der Waals surface area contributed by atoms with Crippen LogP contribution in [0.15, 0.2) is 95.7 Å². The van der Waals surface area contributed by atoms with E-state index < -0.39 is 0 Å². The highest BCUT2D eigenvalue weighted by atomic mass is 32.1. The summed E-state index contributed by atoms with van der Waals surface area (Å²) < 4.78 is 2.72. The molecule has 8 aromatic rings. The van der Waals surface area contributed by atoms with Gasteiger partial charge in [0.1, 0.15) is 0 Å². The third-order valence-corrected chi connectivity index (χ3v) is 13.2. The normalized spacial score (nSPS) is 11.9. The molecule has 2 aromatic carbocycles. The van der Waals surface area contributed by atoms with Crippen LogP contribution in [0, 0.1) is 0 Å². The zero-order valence-electron chi connectivity index (χ0n) is 18.7. The van der Waals surface area contributed by atoms with Gasteiger partial charge in [0.05, 0.1) is 0 Å². The van der Waals surface area contributed by atoms with E-state index in [4.69, 9.17) is 0 Å². The molecule has 0 aliphatic heterocycles. The molecule has 0 aliphatic carbocycles. The van der Waals surface area contributed by atoms with Crippen molar-refractivity contribution in [2.24, 2.45) is 0 Å². The Balaban J connectivity index is 1.17. The molecular weight excluding hydrogens is 553 g/mol. The topological polar surface area (TPSA) is 0 Å². The van der Waals surface area contributed by atoms with E-state index in [9.17, 15) is 0 Å². The summed E-state index contributed by atoms with van der Waals surface area (Å²) in [6, 6.07) is 32.0. The molecule has 0 bridgehead atoms. The van der Waals surface area contributed by atoms with Crippen LogP contribution in [0.5, 0.6) is 0 Å². The van der Waals surface area contributed by atoms with E-state index in [0.29, 0.717) is 0 Å². The molecule has 0 N–H and O–H groups in total. The zero-order chi connectivity index (χ0) is 23.6. The third kappa shape index (κ3) is 3.64. The Hall–Kier alpha value is -2.58. The number of fused-ring (bicyclic) bond motifs is 3. The Bertz CT molecular complexity index is 1770. The fourth-order valence-electron chi connectivity index (χ4n) is 4.61. The number of rotatable bonds is 4. The number of hydrogen-bond acceptors (Lipinski definition) is 6. The van der Waals surface area contributed by atoms with Crippen LogP contribution < -0.4 is 0 Å². The van der Waals surface area contributed by atoms with E-state index in [1.807, 2.05) is 68.0 Å². The van der Waals surface area contributed by atoms with E-state index in [-0.39, 0.29) is 0 Å². The number of hydrogen-bond donors (Lipinski definition) is 0. The van der Waals surface area contributed by atoms with Crippen LogP contribution in [0.2, 0.25) is 0 Å². The molecule has 0 radical (unpaired) electrons. The summed E-state index contributed by atoms with van der Waals surface area (Å²) in [5.41, 5.74) is 0. The molecule has 6 heterocycles. The van der Waals surface area contributed by atoms with Crippen molar-refractivity contribution in [3.63, 3.8) is 0 Å². The maximum absolute atomic E-state index is 2.38.